The van der Waals surface area contributed by atoms with Crippen LogP contribution >= 0.6 is 11.8 Å². The molecular weight excluding hydrogens is 280 g/mol. The van der Waals surface area contributed by atoms with E-state index >= 15 is 0 Å². The molecule has 0 aromatic heterocycles. The first-order chi connectivity index (χ1) is 9.83. The van der Waals surface area contributed by atoms with Gasteiger partial charge in [0.1, 0.15) is 0 Å². The molecule has 1 unspecified atom stereocenters. The Morgan fingerprint density at radius 1 is 1.43 bits per heavy atom. The van der Waals surface area contributed by atoms with E-state index in [1.54, 1.807) is 0 Å². The maximum atomic E-state index is 11.6. The van der Waals surface area contributed by atoms with Crippen LogP contribution in [0.2, 0.25) is 0 Å². The SMILES string of the molecule is Cc1cccc(CSCCCC(C)(NC(C)C)C(N)=O)c1. The molecule has 1 rings (SSSR count). The van der Waals surface area contributed by atoms with Crippen molar-refractivity contribution in [2.75, 3.05) is 5.75 Å². The van der Waals surface area contributed by atoms with Crippen LogP contribution in [-0.4, -0.2) is 23.2 Å². The summed E-state index contributed by atoms with van der Waals surface area (Å²) in [6.45, 7) is 8.09. The molecule has 3 N–H and O–H groups in total. The predicted octanol–water partition coefficient (Wildman–Crippen LogP) is 3.25. The van der Waals surface area contributed by atoms with Gasteiger partial charge < -0.3 is 11.1 Å². The fourth-order valence-corrected chi connectivity index (χ4v) is 3.33. The van der Waals surface area contributed by atoms with Gasteiger partial charge in [0.05, 0.1) is 5.54 Å². The van der Waals surface area contributed by atoms with Crippen molar-refractivity contribution in [3.63, 3.8) is 0 Å². The van der Waals surface area contributed by atoms with Crippen LogP contribution in [0.15, 0.2) is 24.3 Å². The van der Waals surface area contributed by atoms with E-state index < -0.39 is 5.54 Å². The summed E-state index contributed by atoms with van der Waals surface area (Å²) in [5.41, 5.74) is 7.59. The minimum atomic E-state index is -0.599. The molecule has 1 atom stereocenters. The van der Waals surface area contributed by atoms with Crippen molar-refractivity contribution in [3.8, 4) is 0 Å². The van der Waals surface area contributed by atoms with E-state index in [2.05, 4.69) is 36.5 Å². The van der Waals surface area contributed by atoms with E-state index in [1.807, 2.05) is 32.5 Å². The number of hydrogen-bond acceptors (Lipinski definition) is 3. The summed E-state index contributed by atoms with van der Waals surface area (Å²) in [4.78, 5) is 11.6. The fourth-order valence-electron chi connectivity index (χ4n) is 2.42. The number of amides is 1. The molecule has 0 aliphatic carbocycles. The van der Waals surface area contributed by atoms with Gasteiger partial charge in [0.25, 0.3) is 0 Å². The third-order valence-corrected chi connectivity index (χ3v) is 4.58. The number of carbonyl (C=O) groups excluding carboxylic acids is 1. The summed E-state index contributed by atoms with van der Waals surface area (Å²) in [5, 5.41) is 3.29. The van der Waals surface area contributed by atoms with E-state index in [9.17, 15) is 4.79 Å². The molecule has 0 fully saturated rings. The highest BCUT2D eigenvalue weighted by Crippen LogP contribution is 2.19. The highest BCUT2D eigenvalue weighted by Gasteiger charge is 2.30. The van der Waals surface area contributed by atoms with Crippen LogP contribution in [0.5, 0.6) is 0 Å². The minimum Gasteiger partial charge on any atom is -0.368 e. The van der Waals surface area contributed by atoms with Gasteiger partial charge in [-0.05, 0) is 51.9 Å². The van der Waals surface area contributed by atoms with Crippen molar-refractivity contribution in [2.24, 2.45) is 5.73 Å². The molecule has 1 aromatic carbocycles. The van der Waals surface area contributed by atoms with E-state index in [4.69, 9.17) is 5.73 Å². The lowest BCUT2D eigenvalue weighted by molar-refractivity contribution is -0.124. The van der Waals surface area contributed by atoms with Gasteiger partial charge in [0.2, 0.25) is 5.91 Å². The highest BCUT2D eigenvalue weighted by molar-refractivity contribution is 7.98. The van der Waals surface area contributed by atoms with Crippen molar-refractivity contribution in [3.05, 3.63) is 35.4 Å². The number of hydrogen-bond donors (Lipinski definition) is 2. The molecule has 0 bridgehead atoms. The molecule has 21 heavy (non-hydrogen) atoms. The van der Waals surface area contributed by atoms with E-state index in [0.717, 1.165) is 24.3 Å². The number of primary amides is 1. The molecule has 118 valence electrons. The Bertz CT molecular complexity index is 462. The number of thioether (sulfide) groups is 1. The maximum Gasteiger partial charge on any atom is 0.237 e. The average Bonchev–Trinajstić information content (AvgIpc) is 2.37. The first-order valence-corrected chi connectivity index (χ1v) is 8.70. The summed E-state index contributed by atoms with van der Waals surface area (Å²) >= 11 is 1.91. The molecule has 1 amide bonds. The Hall–Kier alpha value is -1.00. The molecule has 0 aliphatic rings. The third-order valence-electron chi connectivity index (χ3n) is 3.47. The van der Waals surface area contributed by atoms with Gasteiger partial charge in [-0.2, -0.15) is 11.8 Å². The smallest absolute Gasteiger partial charge is 0.237 e. The predicted molar refractivity (Wildman–Crippen MR) is 92.4 cm³/mol. The quantitative estimate of drug-likeness (QED) is 0.689. The Morgan fingerprint density at radius 3 is 2.71 bits per heavy atom. The summed E-state index contributed by atoms with van der Waals surface area (Å²) in [6, 6.07) is 8.85. The minimum absolute atomic E-state index is 0.252. The molecule has 0 saturated heterocycles. The topological polar surface area (TPSA) is 55.1 Å². The Kier molecular flexibility index (Phi) is 7.26. The Labute approximate surface area is 133 Å². The van der Waals surface area contributed by atoms with Crippen molar-refractivity contribution in [2.45, 2.75) is 57.9 Å². The van der Waals surface area contributed by atoms with Crippen LogP contribution < -0.4 is 11.1 Å². The average molecular weight is 308 g/mol. The van der Waals surface area contributed by atoms with Crippen molar-refractivity contribution < 1.29 is 4.79 Å². The zero-order valence-electron chi connectivity index (χ0n) is 13.6. The number of carbonyl (C=O) groups is 1. The number of nitrogens with one attached hydrogen (secondary N) is 1. The molecule has 0 aliphatic heterocycles. The van der Waals surface area contributed by atoms with Crippen LogP contribution in [-0.2, 0) is 10.5 Å². The molecule has 0 heterocycles. The van der Waals surface area contributed by atoms with Crippen LogP contribution in [0.4, 0.5) is 0 Å². The molecule has 0 radical (unpaired) electrons. The lowest BCUT2D eigenvalue weighted by Crippen LogP contribution is -2.55. The van der Waals surface area contributed by atoms with Crippen LogP contribution in [0.25, 0.3) is 0 Å². The second-order valence-electron chi connectivity index (χ2n) is 6.14. The van der Waals surface area contributed by atoms with Crippen molar-refractivity contribution in [1.29, 1.82) is 0 Å². The first-order valence-electron chi connectivity index (χ1n) is 7.54. The third kappa shape index (κ3) is 6.53. The summed E-state index contributed by atoms with van der Waals surface area (Å²) < 4.78 is 0. The van der Waals surface area contributed by atoms with Crippen LogP contribution in [0, 0.1) is 6.92 Å². The molecular formula is C17H28N2OS. The molecule has 3 nitrogen and oxygen atoms in total. The largest absolute Gasteiger partial charge is 0.368 e. The summed E-state index contributed by atoms with van der Waals surface area (Å²) in [7, 11) is 0. The van der Waals surface area contributed by atoms with E-state index in [-0.39, 0.29) is 11.9 Å². The second kappa shape index (κ2) is 8.44. The Balaban J connectivity index is 2.33. The van der Waals surface area contributed by atoms with Gasteiger partial charge in [0.15, 0.2) is 0 Å². The van der Waals surface area contributed by atoms with E-state index in [1.165, 1.54) is 11.1 Å². The van der Waals surface area contributed by atoms with Gasteiger partial charge in [0, 0.05) is 11.8 Å². The summed E-state index contributed by atoms with van der Waals surface area (Å²) in [6.07, 6.45) is 1.76. The number of aryl methyl sites for hydroxylation is 1. The lowest BCUT2D eigenvalue weighted by Gasteiger charge is -2.29. The van der Waals surface area contributed by atoms with Gasteiger partial charge in [-0.3, -0.25) is 4.79 Å². The highest BCUT2D eigenvalue weighted by atomic mass is 32.2. The zero-order valence-corrected chi connectivity index (χ0v) is 14.4. The van der Waals surface area contributed by atoms with Gasteiger partial charge in [-0.25, -0.2) is 0 Å². The molecule has 1 aromatic rings. The van der Waals surface area contributed by atoms with Crippen LogP contribution in [0.3, 0.4) is 0 Å². The Morgan fingerprint density at radius 2 is 2.14 bits per heavy atom. The van der Waals surface area contributed by atoms with Crippen molar-refractivity contribution >= 4 is 17.7 Å². The van der Waals surface area contributed by atoms with E-state index in [0.29, 0.717) is 0 Å². The van der Waals surface area contributed by atoms with Crippen molar-refractivity contribution in [1.82, 2.24) is 5.32 Å². The number of benzene rings is 1. The van der Waals surface area contributed by atoms with Gasteiger partial charge in [-0.15, -0.1) is 0 Å². The lowest BCUT2D eigenvalue weighted by atomic mass is 9.94. The second-order valence-corrected chi connectivity index (χ2v) is 7.25. The normalized spacial score (nSPS) is 14.1. The number of rotatable bonds is 9. The maximum absolute atomic E-state index is 11.6. The van der Waals surface area contributed by atoms with Gasteiger partial charge >= 0.3 is 0 Å². The fraction of sp³-hybridized carbons (Fsp3) is 0.588. The molecule has 0 saturated carbocycles. The monoisotopic (exact) mass is 308 g/mol. The van der Waals surface area contributed by atoms with Gasteiger partial charge in [-0.1, -0.05) is 29.8 Å². The number of nitrogens with two attached hydrogens (primary N) is 1. The molecule has 0 spiro atoms. The zero-order chi connectivity index (χ0) is 15.9. The molecule has 4 heteroatoms. The summed E-state index contributed by atoms with van der Waals surface area (Å²) in [5.74, 6) is 1.79. The van der Waals surface area contributed by atoms with Crippen LogP contribution in [0.1, 0.15) is 44.7 Å². The standard InChI is InChI=1S/C17H28N2OS/c1-13(2)19-17(4,16(18)20)9-6-10-21-12-15-8-5-7-14(3)11-15/h5,7-8,11,13,19H,6,9-10,12H2,1-4H3,(H2,18,20). The first kappa shape index (κ1) is 18.1.